The first-order valence-electron chi connectivity index (χ1n) is 9.22. The molecule has 2 N–H and O–H groups in total. The molecule has 0 aromatic heterocycles. The summed E-state index contributed by atoms with van der Waals surface area (Å²) >= 11 is -0.314. The van der Waals surface area contributed by atoms with Crippen molar-refractivity contribution in [1.82, 2.24) is 0 Å². The van der Waals surface area contributed by atoms with Crippen molar-refractivity contribution in [2.24, 2.45) is 10.5 Å². The van der Waals surface area contributed by atoms with Gasteiger partial charge in [0.2, 0.25) is 0 Å². The quantitative estimate of drug-likeness (QED) is 0.135. The summed E-state index contributed by atoms with van der Waals surface area (Å²) in [5.41, 5.74) is -0.200. The third kappa shape index (κ3) is 9.90. The zero-order valence-electron chi connectivity index (χ0n) is 17.3. The Morgan fingerprint density at radius 3 is 2.72 bits per heavy atom. The van der Waals surface area contributed by atoms with Crippen molar-refractivity contribution in [2.45, 2.75) is 6.92 Å². The van der Waals surface area contributed by atoms with Crippen molar-refractivity contribution in [3.05, 3.63) is 94.6 Å². The summed E-state index contributed by atoms with van der Waals surface area (Å²) in [5, 5.41) is 11.4. The van der Waals surface area contributed by atoms with E-state index in [0.29, 0.717) is 5.75 Å². The predicted molar refractivity (Wildman–Crippen MR) is 128 cm³/mol. The second-order valence-electron chi connectivity index (χ2n) is 6.43. The molecule has 0 aliphatic rings. The number of amides is 1. The van der Waals surface area contributed by atoms with Gasteiger partial charge >= 0.3 is 5.97 Å². The number of benzene rings is 1. The summed E-state index contributed by atoms with van der Waals surface area (Å²) in [6.45, 7) is 9.16. The molecule has 1 rings (SSSR count). The van der Waals surface area contributed by atoms with Gasteiger partial charge in [-0.1, -0.05) is 48.8 Å². The first kappa shape index (κ1) is 27.1. The van der Waals surface area contributed by atoms with Crippen molar-refractivity contribution < 1.29 is 23.6 Å². The van der Waals surface area contributed by atoms with E-state index in [-0.39, 0.29) is 22.1 Å². The highest BCUT2D eigenvalue weighted by Gasteiger charge is 2.12. The Morgan fingerprint density at radius 2 is 2.06 bits per heavy atom. The SMILES string of the molecule is C=C(/C=C\CSCC(C)/C=C\C=C/C(=C)[S+]([O-])N=O)C(=O)Nc1ccc(F)c(C(=O)O)c1. The van der Waals surface area contributed by atoms with Crippen molar-refractivity contribution in [2.75, 3.05) is 16.8 Å². The zero-order valence-corrected chi connectivity index (χ0v) is 19.0. The fraction of sp³-hybridized carbons (Fsp3) is 0.182. The Hall–Kier alpha value is -2.95. The van der Waals surface area contributed by atoms with Crippen LogP contribution in [0.25, 0.3) is 0 Å². The van der Waals surface area contributed by atoms with Crippen LogP contribution < -0.4 is 5.32 Å². The highest BCUT2D eigenvalue weighted by molar-refractivity contribution is 7.99. The number of carboxylic acids is 1. The van der Waals surface area contributed by atoms with Gasteiger partial charge in [-0.3, -0.25) is 4.79 Å². The van der Waals surface area contributed by atoms with Gasteiger partial charge in [0, 0.05) is 17.0 Å². The van der Waals surface area contributed by atoms with Crippen LogP contribution >= 0.6 is 11.8 Å². The van der Waals surface area contributed by atoms with E-state index < -0.39 is 34.6 Å². The molecule has 0 saturated carbocycles. The smallest absolute Gasteiger partial charge is 0.338 e. The number of thioether (sulfide) groups is 1. The predicted octanol–water partition coefficient (Wildman–Crippen LogP) is 5.00. The molecular formula is C22H23FN2O5S2. The number of nitrogens with zero attached hydrogens (tertiary/aromatic N) is 1. The van der Waals surface area contributed by atoms with Gasteiger partial charge in [0.1, 0.15) is 5.82 Å². The lowest BCUT2D eigenvalue weighted by Crippen LogP contribution is -2.13. The number of nitroso groups, excluding NO2 is 1. The fourth-order valence-corrected chi connectivity index (χ4v) is 3.29. The molecule has 0 fully saturated rings. The number of halogens is 1. The largest absolute Gasteiger partial charge is 0.583 e. The Labute approximate surface area is 193 Å². The second-order valence-corrected chi connectivity index (χ2v) is 8.68. The third-order valence-electron chi connectivity index (χ3n) is 3.79. The number of aromatic carboxylic acids is 1. The molecule has 0 radical (unpaired) electrons. The molecule has 0 heterocycles. The minimum Gasteiger partial charge on any atom is -0.583 e. The van der Waals surface area contributed by atoms with Crippen LogP contribution in [0.2, 0.25) is 0 Å². The normalized spacial score (nSPS) is 13.3. The van der Waals surface area contributed by atoms with E-state index in [9.17, 15) is 23.4 Å². The number of carbonyl (C=O) groups excluding carboxylic acids is 1. The summed E-state index contributed by atoms with van der Waals surface area (Å²) in [5.74, 6) is -1.14. The number of allylic oxidation sites excluding steroid dienone is 4. The summed E-state index contributed by atoms with van der Waals surface area (Å²) in [6.07, 6.45) is 10.1. The number of carboxylic acid groups (broad SMARTS) is 1. The van der Waals surface area contributed by atoms with Crippen molar-refractivity contribution >= 4 is 40.7 Å². The molecule has 1 amide bonds. The van der Waals surface area contributed by atoms with Gasteiger partial charge in [-0.2, -0.15) is 11.8 Å². The molecular weight excluding hydrogens is 455 g/mol. The molecule has 2 atom stereocenters. The van der Waals surface area contributed by atoms with Gasteiger partial charge in [-0.05, 0) is 42.5 Å². The molecule has 32 heavy (non-hydrogen) atoms. The second kappa shape index (κ2) is 14.2. The van der Waals surface area contributed by atoms with Gasteiger partial charge in [0.05, 0.1) is 5.56 Å². The fourth-order valence-electron chi connectivity index (χ4n) is 2.14. The number of carbonyl (C=O) groups is 2. The molecule has 0 bridgehead atoms. The Morgan fingerprint density at radius 1 is 1.34 bits per heavy atom. The Kier molecular flexibility index (Phi) is 12.0. The highest BCUT2D eigenvalue weighted by atomic mass is 32.2. The van der Waals surface area contributed by atoms with Gasteiger partial charge < -0.3 is 15.0 Å². The van der Waals surface area contributed by atoms with Crippen LogP contribution in [0, 0.1) is 16.6 Å². The van der Waals surface area contributed by atoms with E-state index in [4.69, 9.17) is 5.11 Å². The highest BCUT2D eigenvalue weighted by Crippen LogP contribution is 2.16. The maximum absolute atomic E-state index is 13.4. The van der Waals surface area contributed by atoms with Crippen LogP contribution in [-0.2, 0) is 16.2 Å². The number of rotatable bonds is 13. The molecule has 0 spiro atoms. The average molecular weight is 479 g/mol. The molecule has 2 unspecified atom stereocenters. The molecule has 1 aromatic carbocycles. The zero-order chi connectivity index (χ0) is 24.1. The average Bonchev–Trinajstić information content (AvgIpc) is 2.76. The molecule has 0 saturated heterocycles. The lowest BCUT2D eigenvalue weighted by Gasteiger charge is -2.07. The Balaban J connectivity index is 2.40. The minimum atomic E-state index is -1.95. The number of hydrogen-bond donors (Lipinski definition) is 2. The molecule has 170 valence electrons. The van der Waals surface area contributed by atoms with E-state index in [1.807, 2.05) is 13.0 Å². The van der Waals surface area contributed by atoms with Crippen LogP contribution in [0.5, 0.6) is 0 Å². The number of hydrogen-bond acceptors (Lipinski definition) is 6. The molecule has 10 heteroatoms. The molecule has 1 aromatic rings. The first-order valence-corrected chi connectivity index (χ1v) is 11.5. The molecule has 7 nitrogen and oxygen atoms in total. The van der Waals surface area contributed by atoms with Crippen LogP contribution in [0.1, 0.15) is 17.3 Å². The van der Waals surface area contributed by atoms with Crippen molar-refractivity contribution in [3.8, 4) is 0 Å². The molecule has 0 aliphatic carbocycles. The van der Waals surface area contributed by atoms with E-state index in [0.717, 1.165) is 17.9 Å². The van der Waals surface area contributed by atoms with E-state index in [1.165, 1.54) is 12.1 Å². The summed E-state index contributed by atoms with van der Waals surface area (Å²) in [7, 11) is 0. The third-order valence-corrected chi connectivity index (χ3v) is 5.69. The minimum absolute atomic E-state index is 0.128. The molecule has 0 aliphatic heterocycles. The van der Waals surface area contributed by atoms with Gasteiger partial charge in [0.15, 0.2) is 20.8 Å². The number of anilines is 1. The van der Waals surface area contributed by atoms with Crippen LogP contribution in [-0.4, -0.2) is 33.0 Å². The topological polar surface area (TPSA) is 119 Å². The maximum Gasteiger partial charge on any atom is 0.338 e. The maximum atomic E-state index is 13.4. The van der Waals surface area contributed by atoms with Gasteiger partial charge in [0.25, 0.3) is 5.91 Å². The van der Waals surface area contributed by atoms with Crippen LogP contribution in [0.3, 0.4) is 0 Å². The van der Waals surface area contributed by atoms with E-state index in [1.54, 1.807) is 36.1 Å². The lowest BCUT2D eigenvalue weighted by molar-refractivity contribution is -0.112. The van der Waals surface area contributed by atoms with Gasteiger partial charge in [-0.25, -0.2) is 9.18 Å². The van der Waals surface area contributed by atoms with Gasteiger partial charge in [-0.15, -0.1) is 0 Å². The van der Waals surface area contributed by atoms with Crippen LogP contribution in [0.4, 0.5) is 10.1 Å². The van der Waals surface area contributed by atoms with Crippen LogP contribution in [0.15, 0.2) is 82.9 Å². The van der Waals surface area contributed by atoms with Crippen molar-refractivity contribution in [1.29, 1.82) is 0 Å². The Bertz CT molecular complexity index is 960. The summed E-state index contributed by atoms with van der Waals surface area (Å²) in [4.78, 5) is 33.4. The lowest BCUT2D eigenvalue weighted by atomic mass is 10.1. The first-order chi connectivity index (χ1) is 15.1. The summed E-state index contributed by atoms with van der Waals surface area (Å²) < 4.78 is 26.9. The number of nitrogens with one attached hydrogen (secondary N) is 1. The van der Waals surface area contributed by atoms with Crippen molar-refractivity contribution in [3.63, 3.8) is 0 Å². The van der Waals surface area contributed by atoms with E-state index >= 15 is 0 Å². The van der Waals surface area contributed by atoms with E-state index in [2.05, 4.69) is 23.1 Å². The monoisotopic (exact) mass is 478 g/mol. The summed E-state index contributed by atoms with van der Waals surface area (Å²) in [6, 6.07) is 3.28. The standard InChI is InChI=1S/C22H23FN2O5S2/c1-15(7-4-5-9-17(3)32(30)25-29)14-31-12-6-8-16(2)21(26)24-18-10-11-20(23)19(13-18)22(27)28/h4-11,13,15H,2-3,12,14H2,1H3,(H,24,26)(H,27,28)/b7-4-,8-6-,9-5-.